The summed E-state index contributed by atoms with van der Waals surface area (Å²) in [6.07, 6.45) is 3.85. The first-order valence-corrected chi connectivity index (χ1v) is 8.32. The van der Waals surface area contributed by atoms with Crippen molar-refractivity contribution in [3.63, 3.8) is 0 Å². The van der Waals surface area contributed by atoms with E-state index >= 15 is 0 Å². The summed E-state index contributed by atoms with van der Waals surface area (Å²) in [5, 5.41) is 11.9. The Labute approximate surface area is 133 Å². The van der Waals surface area contributed by atoms with Crippen molar-refractivity contribution in [2.75, 3.05) is 26.0 Å². The quantitative estimate of drug-likeness (QED) is 0.857. The first-order valence-electron chi connectivity index (χ1n) is 7.09. The van der Waals surface area contributed by atoms with Gasteiger partial charge in [-0.05, 0) is 38.2 Å². The number of amides is 1. The van der Waals surface area contributed by atoms with Crippen LogP contribution in [0.4, 0.5) is 0 Å². The first kappa shape index (κ1) is 16.8. The fourth-order valence-electron chi connectivity index (χ4n) is 2.44. The highest BCUT2D eigenvalue weighted by atomic mass is 32.2. The standard InChI is InChI=1S/C15H20N2O4S/c1-10-11(14(19)20)3-4-12(17-10)13(18)16-9-15(22-2)5-7-21-8-6-15/h3-4H,5-9H2,1-2H3,(H,16,18)(H,19,20). The lowest BCUT2D eigenvalue weighted by molar-refractivity contribution is 0.0694. The number of aromatic nitrogens is 1. The number of aryl methyl sites for hydroxylation is 1. The summed E-state index contributed by atoms with van der Waals surface area (Å²) in [6, 6.07) is 2.86. The van der Waals surface area contributed by atoms with Crippen LogP contribution in [0.5, 0.6) is 0 Å². The second kappa shape index (κ2) is 7.11. The monoisotopic (exact) mass is 324 g/mol. The van der Waals surface area contributed by atoms with Crippen molar-refractivity contribution in [3.8, 4) is 0 Å². The minimum Gasteiger partial charge on any atom is -0.478 e. The maximum atomic E-state index is 12.2. The predicted octanol–water partition coefficient (Wildman–Crippen LogP) is 1.73. The number of carboxylic acids is 1. The molecule has 1 saturated heterocycles. The second-order valence-electron chi connectivity index (χ2n) is 5.32. The van der Waals surface area contributed by atoms with Gasteiger partial charge in [0.05, 0.1) is 11.3 Å². The van der Waals surface area contributed by atoms with Gasteiger partial charge in [0.15, 0.2) is 0 Å². The van der Waals surface area contributed by atoms with E-state index in [0.717, 1.165) is 12.8 Å². The lowest BCUT2D eigenvalue weighted by Crippen LogP contribution is -2.44. The third-order valence-corrected chi connectivity index (χ3v) is 5.38. The van der Waals surface area contributed by atoms with Crippen molar-refractivity contribution >= 4 is 23.6 Å². The zero-order valence-electron chi connectivity index (χ0n) is 12.7. The molecule has 0 radical (unpaired) electrons. The van der Waals surface area contributed by atoms with Gasteiger partial charge in [-0.3, -0.25) is 4.79 Å². The number of carbonyl (C=O) groups excluding carboxylic acids is 1. The Hall–Kier alpha value is -1.60. The van der Waals surface area contributed by atoms with Crippen LogP contribution in [0.1, 0.15) is 39.4 Å². The van der Waals surface area contributed by atoms with Crippen molar-refractivity contribution in [2.24, 2.45) is 0 Å². The number of aromatic carboxylic acids is 1. The Morgan fingerprint density at radius 2 is 2.09 bits per heavy atom. The Morgan fingerprint density at radius 1 is 1.41 bits per heavy atom. The molecule has 0 aromatic carbocycles. The van der Waals surface area contributed by atoms with E-state index in [4.69, 9.17) is 9.84 Å². The highest BCUT2D eigenvalue weighted by Gasteiger charge is 2.32. The zero-order chi connectivity index (χ0) is 16.2. The minimum absolute atomic E-state index is 0.00393. The van der Waals surface area contributed by atoms with E-state index < -0.39 is 5.97 Å². The summed E-state index contributed by atoms with van der Waals surface area (Å²) in [5.41, 5.74) is 0.693. The lowest BCUT2D eigenvalue weighted by atomic mass is 9.99. The van der Waals surface area contributed by atoms with Crippen LogP contribution in [-0.4, -0.2) is 52.7 Å². The number of ether oxygens (including phenoxy) is 1. The Bertz CT molecular complexity index is 571. The molecule has 6 nitrogen and oxygen atoms in total. The van der Waals surface area contributed by atoms with E-state index in [-0.39, 0.29) is 21.9 Å². The van der Waals surface area contributed by atoms with E-state index in [1.54, 1.807) is 18.7 Å². The van der Waals surface area contributed by atoms with Gasteiger partial charge in [0, 0.05) is 24.5 Å². The Balaban J connectivity index is 2.03. The maximum absolute atomic E-state index is 12.2. The number of hydrogen-bond acceptors (Lipinski definition) is 5. The number of thioether (sulfide) groups is 1. The minimum atomic E-state index is -1.04. The molecule has 2 heterocycles. The third kappa shape index (κ3) is 3.78. The molecule has 1 aromatic rings. The molecule has 1 fully saturated rings. The van der Waals surface area contributed by atoms with Gasteiger partial charge < -0.3 is 15.2 Å². The summed E-state index contributed by atoms with van der Waals surface area (Å²) in [5.74, 6) is -1.32. The van der Waals surface area contributed by atoms with Crippen LogP contribution < -0.4 is 5.32 Å². The van der Waals surface area contributed by atoms with Crippen molar-refractivity contribution in [1.29, 1.82) is 0 Å². The van der Waals surface area contributed by atoms with Crippen LogP contribution in [0.3, 0.4) is 0 Å². The van der Waals surface area contributed by atoms with Gasteiger partial charge in [0.2, 0.25) is 0 Å². The zero-order valence-corrected chi connectivity index (χ0v) is 13.5. The molecule has 0 unspecified atom stereocenters. The van der Waals surface area contributed by atoms with Crippen LogP contribution in [0, 0.1) is 6.92 Å². The van der Waals surface area contributed by atoms with Gasteiger partial charge in [-0.1, -0.05) is 0 Å². The summed E-state index contributed by atoms with van der Waals surface area (Å²) in [6.45, 7) is 3.56. The normalized spacial score (nSPS) is 17.0. The predicted molar refractivity (Wildman–Crippen MR) is 84.6 cm³/mol. The molecule has 22 heavy (non-hydrogen) atoms. The molecule has 1 amide bonds. The van der Waals surface area contributed by atoms with Crippen molar-refractivity contribution in [2.45, 2.75) is 24.5 Å². The van der Waals surface area contributed by atoms with Gasteiger partial charge in [-0.15, -0.1) is 0 Å². The highest BCUT2D eigenvalue weighted by molar-refractivity contribution is 8.00. The Morgan fingerprint density at radius 3 is 2.64 bits per heavy atom. The average molecular weight is 324 g/mol. The van der Waals surface area contributed by atoms with Gasteiger partial charge in [0.25, 0.3) is 5.91 Å². The summed E-state index contributed by atoms with van der Waals surface area (Å²) in [4.78, 5) is 27.3. The van der Waals surface area contributed by atoms with Gasteiger partial charge in [-0.2, -0.15) is 11.8 Å². The van der Waals surface area contributed by atoms with Crippen LogP contribution in [0.15, 0.2) is 12.1 Å². The molecule has 1 aromatic heterocycles. The number of hydrogen-bond donors (Lipinski definition) is 2. The van der Waals surface area contributed by atoms with E-state index in [0.29, 0.717) is 25.5 Å². The number of nitrogens with zero attached hydrogens (tertiary/aromatic N) is 1. The molecule has 1 aliphatic rings. The second-order valence-corrected chi connectivity index (χ2v) is 6.59. The fraction of sp³-hybridized carbons (Fsp3) is 0.533. The van der Waals surface area contributed by atoms with Gasteiger partial charge >= 0.3 is 5.97 Å². The number of rotatable bonds is 5. The number of carboxylic acid groups (broad SMARTS) is 1. The smallest absolute Gasteiger partial charge is 0.337 e. The largest absolute Gasteiger partial charge is 0.478 e. The molecule has 0 aliphatic carbocycles. The molecule has 0 atom stereocenters. The molecule has 0 spiro atoms. The van der Waals surface area contributed by atoms with E-state index in [1.165, 1.54) is 12.1 Å². The van der Waals surface area contributed by atoms with Gasteiger partial charge in [-0.25, -0.2) is 9.78 Å². The van der Waals surface area contributed by atoms with Crippen LogP contribution >= 0.6 is 11.8 Å². The first-order chi connectivity index (χ1) is 10.5. The molecule has 120 valence electrons. The number of carbonyl (C=O) groups is 2. The van der Waals surface area contributed by atoms with Gasteiger partial charge in [0.1, 0.15) is 5.69 Å². The summed E-state index contributed by atoms with van der Waals surface area (Å²) >= 11 is 1.75. The van der Waals surface area contributed by atoms with Crippen LogP contribution in [0.2, 0.25) is 0 Å². The molecule has 7 heteroatoms. The summed E-state index contributed by atoms with van der Waals surface area (Å²) in [7, 11) is 0. The topological polar surface area (TPSA) is 88.5 Å². The third-order valence-electron chi connectivity index (χ3n) is 3.96. The maximum Gasteiger partial charge on any atom is 0.337 e. The molecule has 2 rings (SSSR count). The molecular formula is C15H20N2O4S. The van der Waals surface area contributed by atoms with E-state index in [2.05, 4.69) is 10.3 Å². The number of pyridine rings is 1. The van der Waals surface area contributed by atoms with E-state index in [9.17, 15) is 9.59 Å². The molecule has 2 N–H and O–H groups in total. The SMILES string of the molecule is CSC1(CNC(=O)c2ccc(C(=O)O)c(C)n2)CCOCC1. The van der Waals surface area contributed by atoms with E-state index in [1.807, 2.05) is 6.26 Å². The average Bonchev–Trinajstić information content (AvgIpc) is 2.53. The van der Waals surface area contributed by atoms with Crippen LogP contribution in [0.25, 0.3) is 0 Å². The Kier molecular flexibility index (Phi) is 5.42. The fourth-order valence-corrected chi connectivity index (χ4v) is 3.23. The molecule has 0 saturated carbocycles. The van der Waals surface area contributed by atoms with Crippen LogP contribution in [-0.2, 0) is 4.74 Å². The summed E-state index contributed by atoms with van der Waals surface area (Å²) < 4.78 is 5.38. The van der Waals surface area contributed by atoms with Crippen molar-refractivity contribution in [1.82, 2.24) is 10.3 Å². The lowest BCUT2D eigenvalue weighted by Gasteiger charge is -2.35. The van der Waals surface area contributed by atoms with Crippen molar-refractivity contribution in [3.05, 3.63) is 29.1 Å². The molecule has 1 aliphatic heterocycles. The van der Waals surface area contributed by atoms with Crippen molar-refractivity contribution < 1.29 is 19.4 Å². The highest BCUT2D eigenvalue weighted by Crippen LogP contribution is 2.33. The number of nitrogens with one attached hydrogen (secondary N) is 1. The molecular weight excluding hydrogens is 304 g/mol. The molecule has 0 bridgehead atoms.